The maximum atomic E-state index is 12.4. The Bertz CT molecular complexity index is 1320. The smallest absolute Gasteiger partial charge is 0.319 e. The van der Waals surface area contributed by atoms with Crippen molar-refractivity contribution in [2.45, 2.75) is 76.5 Å². The molecule has 2 aliphatic carbocycles. The quantitative estimate of drug-likeness (QED) is 0.240. The number of carbonyl (C=O) groups excluding carboxylic acids is 1. The van der Waals surface area contributed by atoms with Crippen LogP contribution in [0.1, 0.15) is 69.9 Å². The fourth-order valence-corrected chi connectivity index (χ4v) is 5.61. The van der Waals surface area contributed by atoms with E-state index in [0.717, 1.165) is 90.9 Å². The highest BCUT2D eigenvalue weighted by Crippen LogP contribution is 2.43. The maximum Gasteiger partial charge on any atom is 0.319 e. The minimum atomic E-state index is -0.141. The van der Waals surface area contributed by atoms with Gasteiger partial charge in [-0.3, -0.25) is 0 Å². The Morgan fingerprint density at radius 2 is 1.82 bits per heavy atom. The molecule has 8 heteroatoms. The molecule has 1 aromatic heterocycles. The largest absolute Gasteiger partial charge is 0.490 e. The number of oxime groups is 1. The Morgan fingerprint density at radius 1 is 1.05 bits per heavy atom. The molecule has 2 amide bonds. The van der Waals surface area contributed by atoms with Gasteiger partial charge >= 0.3 is 6.03 Å². The van der Waals surface area contributed by atoms with Gasteiger partial charge in [-0.1, -0.05) is 17.3 Å². The van der Waals surface area contributed by atoms with Crippen LogP contribution >= 0.6 is 0 Å². The van der Waals surface area contributed by atoms with Crippen LogP contribution in [0, 0.1) is 0 Å². The van der Waals surface area contributed by atoms with Gasteiger partial charge in [-0.15, -0.1) is 0 Å². The number of amides is 2. The molecular formula is C31H38N4O4. The van der Waals surface area contributed by atoms with Crippen LogP contribution in [0.2, 0.25) is 0 Å². The lowest BCUT2D eigenvalue weighted by Gasteiger charge is -2.30. The number of nitrogens with zero attached hydrogens (tertiary/aromatic N) is 2. The van der Waals surface area contributed by atoms with E-state index in [9.17, 15) is 4.79 Å². The summed E-state index contributed by atoms with van der Waals surface area (Å²) >= 11 is 0. The molecule has 206 valence electrons. The lowest BCUT2D eigenvalue weighted by molar-refractivity contribution is 0.0256. The Labute approximate surface area is 229 Å². The predicted molar refractivity (Wildman–Crippen MR) is 154 cm³/mol. The van der Waals surface area contributed by atoms with E-state index in [4.69, 9.17) is 14.3 Å². The molecule has 2 N–H and O–H groups in total. The second-order valence-corrected chi connectivity index (χ2v) is 10.8. The number of anilines is 1. The number of fused-ring (bicyclic) bond motifs is 1. The van der Waals surface area contributed by atoms with Crippen LogP contribution in [0.4, 0.5) is 10.5 Å². The highest BCUT2D eigenvalue weighted by molar-refractivity contribution is 6.07. The van der Waals surface area contributed by atoms with Gasteiger partial charge in [-0.05, 0) is 75.3 Å². The van der Waals surface area contributed by atoms with Crippen molar-refractivity contribution in [1.29, 1.82) is 0 Å². The summed E-state index contributed by atoms with van der Waals surface area (Å²) in [6.45, 7) is 3.95. The molecule has 2 aromatic carbocycles. The molecular weight excluding hydrogens is 492 g/mol. The monoisotopic (exact) mass is 530 g/mol. The second kappa shape index (κ2) is 11.7. The normalized spacial score (nSPS) is 18.6. The van der Waals surface area contributed by atoms with Crippen LogP contribution in [0.3, 0.4) is 0 Å². The highest BCUT2D eigenvalue weighted by atomic mass is 16.6. The molecule has 0 unspecified atom stereocenters. The van der Waals surface area contributed by atoms with Crippen LogP contribution in [-0.4, -0.2) is 48.8 Å². The van der Waals surface area contributed by atoms with Gasteiger partial charge in [0.05, 0.1) is 30.6 Å². The Balaban J connectivity index is 1.36. The van der Waals surface area contributed by atoms with E-state index in [-0.39, 0.29) is 12.1 Å². The van der Waals surface area contributed by atoms with Crippen molar-refractivity contribution in [2.24, 2.45) is 5.16 Å². The molecule has 8 nitrogen and oxygen atoms in total. The zero-order chi connectivity index (χ0) is 26.6. The average Bonchev–Trinajstić information content (AvgIpc) is 3.19. The van der Waals surface area contributed by atoms with Gasteiger partial charge in [0.2, 0.25) is 0 Å². The molecule has 6 rings (SSSR count). The van der Waals surface area contributed by atoms with Crippen molar-refractivity contribution in [3.05, 3.63) is 48.0 Å². The number of rotatable bonds is 9. The number of carbonyl (C=O) groups is 1. The number of aromatic nitrogens is 1. The minimum Gasteiger partial charge on any atom is -0.490 e. The summed E-state index contributed by atoms with van der Waals surface area (Å²) in [5, 5.41) is 11.4. The SMILES string of the molecule is CCON=Cc1c(-c2ccc(NC(=O)NC3CCC3)cc2)n(C2CCC2)c2cc(OC3CCOCC3)ccc12. The molecule has 3 aliphatic rings. The van der Waals surface area contributed by atoms with E-state index < -0.39 is 0 Å². The molecule has 2 heterocycles. The van der Waals surface area contributed by atoms with Crippen LogP contribution in [0.25, 0.3) is 22.2 Å². The first-order valence-electron chi connectivity index (χ1n) is 14.4. The standard InChI is InChI=1S/C31H38N4O4/c1-2-38-32-20-28-27-14-13-26(39-25-15-17-37-18-16-25)19-29(27)35(24-7-4-8-24)30(28)21-9-11-23(12-10-21)34-31(36)33-22-5-3-6-22/h9-14,19-20,22,24-25H,2-8,15-18H2,1H3,(H2,33,34,36). The molecule has 0 bridgehead atoms. The summed E-state index contributed by atoms with van der Waals surface area (Å²) in [4.78, 5) is 17.8. The molecule has 3 fully saturated rings. The number of benzene rings is 2. The van der Waals surface area contributed by atoms with Crippen LogP contribution in [-0.2, 0) is 9.57 Å². The van der Waals surface area contributed by atoms with Crippen molar-refractivity contribution in [3.8, 4) is 17.0 Å². The number of urea groups is 1. The molecule has 0 radical (unpaired) electrons. The van der Waals surface area contributed by atoms with Gasteiger partial charge in [-0.2, -0.15) is 0 Å². The van der Waals surface area contributed by atoms with E-state index in [1.807, 2.05) is 25.3 Å². The zero-order valence-electron chi connectivity index (χ0n) is 22.7. The van der Waals surface area contributed by atoms with Crippen LogP contribution < -0.4 is 15.4 Å². The predicted octanol–water partition coefficient (Wildman–Crippen LogP) is 6.64. The number of ether oxygens (including phenoxy) is 2. The van der Waals surface area contributed by atoms with Gasteiger partial charge in [0.1, 0.15) is 18.5 Å². The average molecular weight is 531 g/mol. The van der Waals surface area contributed by atoms with Crippen molar-refractivity contribution >= 4 is 28.8 Å². The van der Waals surface area contributed by atoms with Crippen molar-refractivity contribution < 1.29 is 19.1 Å². The van der Waals surface area contributed by atoms with Gasteiger partial charge < -0.3 is 29.5 Å². The molecule has 3 aromatic rings. The van der Waals surface area contributed by atoms with E-state index >= 15 is 0 Å². The molecule has 0 spiro atoms. The van der Waals surface area contributed by atoms with E-state index in [1.54, 1.807) is 0 Å². The number of nitrogens with one attached hydrogen (secondary N) is 2. The lowest BCUT2D eigenvalue weighted by atomic mass is 9.92. The second-order valence-electron chi connectivity index (χ2n) is 10.8. The molecule has 2 saturated carbocycles. The van der Waals surface area contributed by atoms with Crippen molar-refractivity contribution in [1.82, 2.24) is 9.88 Å². The van der Waals surface area contributed by atoms with Gasteiger partial charge in [-0.25, -0.2) is 4.79 Å². The van der Waals surface area contributed by atoms with Crippen molar-refractivity contribution in [2.75, 3.05) is 25.1 Å². The zero-order valence-corrected chi connectivity index (χ0v) is 22.7. The first-order chi connectivity index (χ1) is 19.2. The fraction of sp³-hybridized carbons (Fsp3) is 0.484. The first kappa shape index (κ1) is 25.7. The fourth-order valence-electron chi connectivity index (χ4n) is 5.61. The summed E-state index contributed by atoms with van der Waals surface area (Å²) in [6.07, 6.45) is 10.7. The topological polar surface area (TPSA) is 86.1 Å². The highest BCUT2D eigenvalue weighted by Gasteiger charge is 2.28. The van der Waals surface area contributed by atoms with Crippen LogP contribution in [0.15, 0.2) is 47.6 Å². The summed E-state index contributed by atoms with van der Waals surface area (Å²) in [5.74, 6) is 0.893. The molecule has 39 heavy (non-hydrogen) atoms. The molecule has 1 saturated heterocycles. The lowest BCUT2D eigenvalue weighted by Crippen LogP contribution is -2.41. The van der Waals surface area contributed by atoms with Gasteiger partial charge in [0, 0.05) is 47.6 Å². The van der Waals surface area contributed by atoms with Gasteiger partial charge in [0.25, 0.3) is 0 Å². The summed E-state index contributed by atoms with van der Waals surface area (Å²) in [5.41, 5.74) is 5.16. The third kappa shape index (κ3) is 5.62. The Hall–Kier alpha value is -3.52. The summed E-state index contributed by atoms with van der Waals surface area (Å²) in [6, 6.07) is 15.1. The summed E-state index contributed by atoms with van der Waals surface area (Å²) in [7, 11) is 0. The number of hydrogen-bond acceptors (Lipinski definition) is 5. The number of hydrogen-bond donors (Lipinski definition) is 2. The Morgan fingerprint density at radius 3 is 2.49 bits per heavy atom. The third-order valence-electron chi connectivity index (χ3n) is 8.17. The Kier molecular flexibility index (Phi) is 7.72. The van der Waals surface area contributed by atoms with E-state index in [1.165, 1.54) is 12.8 Å². The summed E-state index contributed by atoms with van der Waals surface area (Å²) < 4.78 is 14.4. The van der Waals surface area contributed by atoms with Crippen LogP contribution in [0.5, 0.6) is 5.75 Å². The molecule has 0 atom stereocenters. The minimum absolute atomic E-state index is 0.141. The maximum absolute atomic E-state index is 12.4. The third-order valence-corrected chi connectivity index (χ3v) is 8.17. The first-order valence-corrected chi connectivity index (χ1v) is 14.4. The van der Waals surface area contributed by atoms with E-state index in [2.05, 4.69) is 50.7 Å². The van der Waals surface area contributed by atoms with Crippen molar-refractivity contribution in [3.63, 3.8) is 0 Å². The van der Waals surface area contributed by atoms with Gasteiger partial charge in [0.15, 0.2) is 0 Å². The van der Waals surface area contributed by atoms with E-state index in [0.29, 0.717) is 18.7 Å². The molecule has 1 aliphatic heterocycles.